The van der Waals surface area contributed by atoms with E-state index in [1.54, 1.807) is 0 Å². The maximum atomic E-state index is 6.91. The van der Waals surface area contributed by atoms with Gasteiger partial charge in [-0.25, -0.2) is 0 Å². The van der Waals surface area contributed by atoms with Crippen LogP contribution in [0.25, 0.3) is 11.1 Å². The lowest BCUT2D eigenvalue weighted by Gasteiger charge is -2.53. The summed E-state index contributed by atoms with van der Waals surface area (Å²) in [4.78, 5) is 7.88. The molecule has 0 radical (unpaired) electrons. The molecule has 2 nitrogen and oxygen atoms in total. The zero-order valence-electron chi connectivity index (χ0n) is 38.9. The third kappa shape index (κ3) is 5.83. The molecule has 0 atom stereocenters. The number of ether oxygens (including phenoxy) is 1. The highest BCUT2D eigenvalue weighted by Gasteiger charge is 2.57. The molecule has 0 amide bonds. The van der Waals surface area contributed by atoms with Crippen LogP contribution in [0.1, 0.15) is 22.3 Å². The minimum absolute atomic E-state index is 0.548. The molecule has 11 aromatic rings. The first-order valence-electron chi connectivity index (χ1n) is 24.5. The van der Waals surface area contributed by atoms with E-state index in [1.165, 1.54) is 73.7 Å². The van der Waals surface area contributed by atoms with Gasteiger partial charge in [0.1, 0.15) is 11.5 Å². The maximum Gasteiger partial charge on any atom is 0.190 e. The second kappa shape index (κ2) is 16.4. The van der Waals surface area contributed by atoms with Crippen LogP contribution in [0.3, 0.4) is 0 Å². The zero-order chi connectivity index (χ0) is 47.0. The molecule has 2 aliphatic heterocycles. The summed E-state index contributed by atoms with van der Waals surface area (Å²) in [6.07, 6.45) is 0. The largest absolute Gasteiger partial charge is 0.458 e. The molecule has 3 aliphatic rings. The quantitative estimate of drug-likeness (QED) is 0.148. The molecule has 0 saturated carbocycles. The molecule has 1 spiro atoms. The Morgan fingerprint density at radius 2 is 0.775 bits per heavy atom. The molecule has 1 aliphatic carbocycles. The predicted molar refractivity (Wildman–Crippen MR) is 296 cm³/mol. The van der Waals surface area contributed by atoms with E-state index >= 15 is 0 Å². The fourth-order valence-corrected chi connectivity index (χ4v) is 23.5. The second-order valence-corrected chi connectivity index (χ2v) is 25.4. The van der Waals surface area contributed by atoms with Crippen LogP contribution in [-0.2, 0) is 5.41 Å². The van der Waals surface area contributed by atoms with Crippen LogP contribution >= 0.6 is 10.0 Å². The molecular weight excluding hydrogens is 895 g/mol. The summed E-state index contributed by atoms with van der Waals surface area (Å²) >= 11 is 0. The van der Waals surface area contributed by atoms with Crippen molar-refractivity contribution in [1.29, 1.82) is 0 Å². The Morgan fingerprint density at radius 1 is 0.324 bits per heavy atom. The summed E-state index contributed by atoms with van der Waals surface area (Å²) < 4.78 is 6.91. The van der Waals surface area contributed by atoms with Crippen molar-refractivity contribution in [1.82, 2.24) is 0 Å². The van der Waals surface area contributed by atoms with Crippen LogP contribution < -0.4 is 30.4 Å². The van der Waals surface area contributed by atoms with E-state index < -0.39 is 23.5 Å². The first-order valence-corrected chi connectivity index (χ1v) is 28.1. The van der Waals surface area contributed by atoms with Crippen LogP contribution in [0.2, 0.25) is 0 Å². The van der Waals surface area contributed by atoms with Crippen LogP contribution in [-0.4, -0.2) is 8.07 Å². The van der Waals surface area contributed by atoms with Gasteiger partial charge in [-0.1, -0.05) is 206 Å². The lowest BCUT2D eigenvalue weighted by atomic mass is 9.67. The van der Waals surface area contributed by atoms with Crippen molar-refractivity contribution in [2.45, 2.75) is 25.0 Å². The summed E-state index contributed by atoms with van der Waals surface area (Å²) in [6.45, 7) is 0. The minimum Gasteiger partial charge on any atom is -0.458 e. The smallest absolute Gasteiger partial charge is 0.190 e. The van der Waals surface area contributed by atoms with Gasteiger partial charge in [-0.2, -0.15) is 0 Å². The molecule has 4 heteroatoms. The molecule has 71 heavy (non-hydrogen) atoms. The Bertz CT molecular complexity index is 3680. The number of para-hydroxylation sites is 3. The monoisotopic (exact) mass is 941 g/mol. The number of fused-ring (bicyclic) bond motifs is 11. The van der Waals surface area contributed by atoms with E-state index in [9.17, 15) is 0 Å². The highest BCUT2D eigenvalue weighted by atomic mass is 32.3. The fraction of sp³-hybridized carbons (Fsp3) is 0.0149. The summed E-state index contributed by atoms with van der Waals surface area (Å²) in [6, 6.07) is 107. The topological polar surface area (TPSA) is 12.5 Å². The van der Waals surface area contributed by atoms with E-state index in [-0.39, 0.29) is 0 Å². The van der Waals surface area contributed by atoms with E-state index in [1.807, 2.05) is 0 Å². The van der Waals surface area contributed by atoms with Gasteiger partial charge in [0.2, 0.25) is 0 Å². The molecule has 0 unspecified atom stereocenters. The number of rotatable bonds is 7. The lowest BCUT2D eigenvalue weighted by Crippen LogP contribution is -2.78. The fourth-order valence-electron chi connectivity index (χ4n) is 12.6. The highest BCUT2D eigenvalue weighted by Crippen LogP contribution is 2.74. The third-order valence-electron chi connectivity index (χ3n) is 15.3. The van der Waals surface area contributed by atoms with Crippen molar-refractivity contribution in [3.8, 4) is 22.6 Å². The van der Waals surface area contributed by atoms with E-state index in [4.69, 9.17) is 4.74 Å². The first kappa shape index (κ1) is 41.5. The Hall–Kier alpha value is -8.41. The molecular formula is C67H47NOSSi. The average Bonchev–Trinajstić information content (AvgIpc) is 3.75. The van der Waals surface area contributed by atoms with Crippen molar-refractivity contribution in [2.24, 2.45) is 0 Å². The zero-order valence-corrected chi connectivity index (χ0v) is 40.7. The van der Waals surface area contributed by atoms with Gasteiger partial charge in [0.25, 0.3) is 0 Å². The van der Waals surface area contributed by atoms with Crippen molar-refractivity contribution >= 4 is 55.9 Å². The summed E-state index contributed by atoms with van der Waals surface area (Å²) in [7, 11) is -5.23. The Labute approximate surface area is 418 Å². The molecule has 0 N–H and O–H groups in total. The van der Waals surface area contributed by atoms with Gasteiger partial charge < -0.3 is 9.64 Å². The Kier molecular flexibility index (Phi) is 9.57. The molecule has 0 saturated heterocycles. The Morgan fingerprint density at radius 3 is 1.39 bits per heavy atom. The highest BCUT2D eigenvalue weighted by molar-refractivity contribution is 8.34. The molecule has 0 fully saturated rings. The lowest BCUT2D eigenvalue weighted by molar-refractivity contribution is 0.487. The van der Waals surface area contributed by atoms with Gasteiger partial charge in [-0.3, -0.25) is 0 Å². The van der Waals surface area contributed by atoms with Crippen LogP contribution in [0, 0.1) is 0 Å². The number of benzene rings is 11. The van der Waals surface area contributed by atoms with Gasteiger partial charge in [0.15, 0.2) is 8.07 Å². The molecule has 0 bridgehead atoms. The van der Waals surface area contributed by atoms with Crippen molar-refractivity contribution in [2.75, 3.05) is 4.90 Å². The van der Waals surface area contributed by atoms with E-state index in [2.05, 4.69) is 290 Å². The van der Waals surface area contributed by atoms with Gasteiger partial charge in [-0.15, -0.1) is 10.0 Å². The van der Waals surface area contributed by atoms with Crippen molar-refractivity contribution in [3.05, 3.63) is 307 Å². The number of nitrogens with zero attached hydrogens (tertiary/aromatic N) is 1. The molecule has 0 aromatic heterocycles. The number of anilines is 3. The average molecular weight is 942 g/mol. The predicted octanol–water partition coefficient (Wildman–Crippen LogP) is 14.7. The van der Waals surface area contributed by atoms with Crippen molar-refractivity contribution in [3.63, 3.8) is 0 Å². The van der Waals surface area contributed by atoms with E-state index in [0.717, 1.165) is 28.6 Å². The summed E-state index contributed by atoms with van der Waals surface area (Å²) in [5.74, 6) is 1.88. The molecule has 2 heterocycles. The van der Waals surface area contributed by atoms with Crippen molar-refractivity contribution < 1.29 is 4.74 Å². The standard InChI is InChI=1S/C67H47NOSSi/c1-6-24-48(25-7-1)67(49-26-8-2-9-27-49)57-35-17-16-34-55(57)56-44-42-51(46-58(56)67)68(50-28-10-3-11-29-50)52-43-45-66-62(47-52)70(53-30-12-4-13-31-53,54-32-14-5-15-33-54)61-38-20-23-41-65(61)71(66)63-39-21-18-36-59(63)69-60-37-19-22-40-64(60)71/h1-47H. The van der Waals surface area contributed by atoms with Crippen LogP contribution in [0.4, 0.5) is 17.1 Å². The minimum atomic E-state index is -3.09. The number of hydrogen-bond acceptors (Lipinski definition) is 2. The molecule has 14 rings (SSSR count). The summed E-state index contributed by atoms with van der Waals surface area (Å²) in [5, 5.41) is 5.38. The van der Waals surface area contributed by atoms with Gasteiger partial charge in [0.05, 0.1) is 5.41 Å². The SMILES string of the molecule is c1ccc(N(c2ccc3c(c2)C(c2ccccc2)(c2ccccc2)c2ccccc2-3)c2ccc3c(c2)S(c2ccccc2)(c2ccccc2)c2ccccc2[Si]32c3ccccc3Oc3ccccc32)cc1. The Balaban J connectivity index is 1.10. The molecule has 11 aromatic carbocycles. The maximum absolute atomic E-state index is 6.91. The van der Waals surface area contributed by atoms with Gasteiger partial charge >= 0.3 is 0 Å². The number of hydrogen-bond donors (Lipinski definition) is 0. The van der Waals surface area contributed by atoms with Gasteiger partial charge in [-0.05, 0) is 133 Å². The van der Waals surface area contributed by atoms with Crippen LogP contribution in [0.15, 0.2) is 305 Å². The third-order valence-corrected chi connectivity index (χ3v) is 24.6. The second-order valence-electron chi connectivity index (χ2n) is 18.7. The molecule has 336 valence electrons. The van der Waals surface area contributed by atoms with Gasteiger partial charge in [0, 0.05) is 36.6 Å². The normalized spacial score (nSPS) is 15.1. The first-order chi connectivity index (χ1) is 35.2. The van der Waals surface area contributed by atoms with E-state index in [0.29, 0.717) is 0 Å². The summed E-state index contributed by atoms with van der Waals surface area (Å²) in [5.41, 5.74) is 10.4. The van der Waals surface area contributed by atoms with Crippen LogP contribution in [0.5, 0.6) is 11.5 Å².